The zero-order chi connectivity index (χ0) is 19.8. The molecule has 0 saturated carbocycles. The van der Waals surface area contributed by atoms with Crippen LogP contribution in [0, 0.1) is 0 Å². The van der Waals surface area contributed by atoms with Crippen molar-refractivity contribution in [2.24, 2.45) is 0 Å². The van der Waals surface area contributed by atoms with E-state index < -0.39 is 11.9 Å². The van der Waals surface area contributed by atoms with Gasteiger partial charge in [0, 0.05) is 23.2 Å². The van der Waals surface area contributed by atoms with Gasteiger partial charge >= 0.3 is 11.9 Å². The first kappa shape index (κ1) is 18.0. The van der Waals surface area contributed by atoms with E-state index in [4.69, 9.17) is 9.15 Å². The standard InChI is InChI=1S/C21H19NO6/c1-2-27-21(26)18-12-5-3-4-6-16(12)28-17(18)10-14-13-9-11(20(24)25)7-8-15(13)22-19(14)23/h7-10H,2-6H2,1H3,(H,22,23)(H,24,25). The lowest BCUT2D eigenvalue weighted by Gasteiger charge is -2.10. The minimum absolute atomic E-state index is 0.0745. The summed E-state index contributed by atoms with van der Waals surface area (Å²) in [5.74, 6) is -0.897. The molecule has 0 bridgehead atoms. The molecule has 144 valence electrons. The fourth-order valence-corrected chi connectivity index (χ4v) is 3.71. The van der Waals surface area contributed by atoms with Crippen LogP contribution in [0.25, 0.3) is 11.6 Å². The average molecular weight is 381 g/mol. The van der Waals surface area contributed by atoms with Crippen LogP contribution >= 0.6 is 0 Å². The molecule has 28 heavy (non-hydrogen) atoms. The zero-order valence-corrected chi connectivity index (χ0v) is 15.3. The number of carbonyl (C=O) groups excluding carboxylic acids is 2. The average Bonchev–Trinajstić information content (AvgIpc) is 3.19. The molecular formula is C21H19NO6. The minimum atomic E-state index is -1.08. The van der Waals surface area contributed by atoms with E-state index in [0.717, 1.165) is 37.0 Å². The fraction of sp³-hybridized carbons (Fsp3) is 0.286. The van der Waals surface area contributed by atoms with Crippen LogP contribution in [0.1, 0.15) is 63.1 Å². The first-order chi connectivity index (χ1) is 13.5. The van der Waals surface area contributed by atoms with E-state index in [0.29, 0.717) is 16.8 Å². The molecule has 1 amide bonds. The number of anilines is 1. The number of carboxylic acid groups (broad SMARTS) is 1. The molecule has 0 spiro atoms. The third-order valence-electron chi connectivity index (χ3n) is 5.00. The molecule has 7 nitrogen and oxygen atoms in total. The van der Waals surface area contributed by atoms with Crippen molar-refractivity contribution < 1.29 is 28.6 Å². The van der Waals surface area contributed by atoms with Gasteiger partial charge in [-0.1, -0.05) is 0 Å². The molecule has 1 aliphatic heterocycles. The van der Waals surface area contributed by atoms with E-state index in [9.17, 15) is 19.5 Å². The summed E-state index contributed by atoms with van der Waals surface area (Å²) in [6.45, 7) is 1.97. The Bertz CT molecular complexity index is 1030. The molecule has 0 atom stereocenters. The first-order valence-electron chi connectivity index (χ1n) is 9.22. The fourth-order valence-electron chi connectivity index (χ4n) is 3.71. The summed E-state index contributed by atoms with van der Waals surface area (Å²) in [4.78, 5) is 36.3. The summed E-state index contributed by atoms with van der Waals surface area (Å²) >= 11 is 0. The van der Waals surface area contributed by atoms with E-state index in [1.807, 2.05) is 0 Å². The van der Waals surface area contributed by atoms with Crippen LogP contribution in [0.3, 0.4) is 0 Å². The van der Waals surface area contributed by atoms with E-state index in [1.165, 1.54) is 18.2 Å². The largest absolute Gasteiger partial charge is 0.478 e. The Morgan fingerprint density at radius 2 is 2.07 bits per heavy atom. The highest BCUT2D eigenvalue weighted by Gasteiger charge is 2.30. The van der Waals surface area contributed by atoms with E-state index in [2.05, 4.69) is 5.32 Å². The van der Waals surface area contributed by atoms with Crippen molar-refractivity contribution in [2.45, 2.75) is 32.6 Å². The zero-order valence-electron chi connectivity index (χ0n) is 15.3. The number of aromatic carboxylic acids is 1. The highest BCUT2D eigenvalue weighted by atomic mass is 16.5. The number of hydrogen-bond acceptors (Lipinski definition) is 5. The van der Waals surface area contributed by atoms with Gasteiger partial charge in [0.05, 0.1) is 17.7 Å². The number of carboxylic acids is 1. The normalized spacial score (nSPS) is 16.5. The van der Waals surface area contributed by atoms with Crippen LogP contribution < -0.4 is 5.32 Å². The Labute approximate surface area is 161 Å². The molecule has 1 aliphatic carbocycles. The van der Waals surface area contributed by atoms with Crippen LogP contribution in [0.15, 0.2) is 22.6 Å². The molecule has 7 heteroatoms. The quantitative estimate of drug-likeness (QED) is 0.620. The van der Waals surface area contributed by atoms with E-state index >= 15 is 0 Å². The van der Waals surface area contributed by atoms with Crippen molar-refractivity contribution in [1.29, 1.82) is 0 Å². The van der Waals surface area contributed by atoms with Gasteiger partial charge in [0.2, 0.25) is 0 Å². The topological polar surface area (TPSA) is 106 Å². The summed E-state index contributed by atoms with van der Waals surface area (Å²) in [6.07, 6.45) is 4.90. The molecule has 2 aromatic rings. The maximum atomic E-state index is 12.6. The molecule has 1 aromatic carbocycles. The summed E-state index contributed by atoms with van der Waals surface area (Å²) in [7, 11) is 0. The third-order valence-corrected chi connectivity index (χ3v) is 5.00. The number of aryl methyl sites for hydroxylation is 1. The van der Waals surface area contributed by atoms with Gasteiger partial charge in [-0.15, -0.1) is 0 Å². The summed E-state index contributed by atoms with van der Waals surface area (Å²) in [6, 6.07) is 4.42. The van der Waals surface area contributed by atoms with Gasteiger partial charge in [-0.3, -0.25) is 4.79 Å². The van der Waals surface area contributed by atoms with Crippen molar-refractivity contribution in [3.05, 3.63) is 52.0 Å². The summed E-state index contributed by atoms with van der Waals surface area (Å²) in [5.41, 5.74) is 2.53. The number of amides is 1. The maximum absolute atomic E-state index is 12.6. The van der Waals surface area contributed by atoms with Gasteiger partial charge in [0.1, 0.15) is 17.1 Å². The highest BCUT2D eigenvalue weighted by molar-refractivity contribution is 6.35. The Morgan fingerprint density at radius 3 is 2.82 bits per heavy atom. The molecule has 0 unspecified atom stereocenters. The summed E-state index contributed by atoms with van der Waals surface area (Å²) < 4.78 is 11.1. The second kappa shape index (κ2) is 6.99. The molecule has 2 aliphatic rings. The molecular weight excluding hydrogens is 362 g/mol. The molecule has 0 saturated heterocycles. The Morgan fingerprint density at radius 1 is 1.29 bits per heavy atom. The van der Waals surface area contributed by atoms with Crippen LogP contribution in [0.5, 0.6) is 0 Å². The Balaban J connectivity index is 1.85. The first-order valence-corrected chi connectivity index (χ1v) is 9.22. The predicted molar refractivity (Wildman–Crippen MR) is 101 cm³/mol. The molecule has 1 aromatic heterocycles. The van der Waals surface area contributed by atoms with Crippen LogP contribution in [-0.2, 0) is 22.4 Å². The Kier molecular flexibility index (Phi) is 4.50. The van der Waals surface area contributed by atoms with Crippen molar-refractivity contribution in [3.63, 3.8) is 0 Å². The van der Waals surface area contributed by atoms with Gasteiger partial charge in [-0.25, -0.2) is 9.59 Å². The lowest BCUT2D eigenvalue weighted by atomic mass is 9.94. The molecule has 4 rings (SSSR count). The van der Waals surface area contributed by atoms with Gasteiger partial charge in [-0.05, 0) is 50.5 Å². The predicted octanol–water partition coefficient (Wildman–Crippen LogP) is 3.53. The van der Waals surface area contributed by atoms with E-state index in [-0.39, 0.29) is 29.4 Å². The maximum Gasteiger partial charge on any atom is 0.342 e. The Hall–Kier alpha value is -3.35. The number of rotatable bonds is 4. The summed E-state index contributed by atoms with van der Waals surface area (Å²) in [5, 5.41) is 12.0. The molecule has 2 heterocycles. The number of ether oxygens (including phenoxy) is 1. The van der Waals surface area contributed by atoms with Crippen LogP contribution in [-0.4, -0.2) is 29.6 Å². The van der Waals surface area contributed by atoms with Gasteiger partial charge in [0.15, 0.2) is 0 Å². The number of furan rings is 1. The number of nitrogens with one attached hydrogen (secondary N) is 1. The minimum Gasteiger partial charge on any atom is -0.478 e. The van der Waals surface area contributed by atoms with Crippen molar-refractivity contribution in [3.8, 4) is 0 Å². The van der Waals surface area contributed by atoms with Crippen molar-refractivity contribution in [1.82, 2.24) is 0 Å². The van der Waals surface area contributed by atoms with E-state index in [1.54, 1.807) is 13.0 Å². The van der Waals surface area contributed by atoms with Crippen molar-refractivity contribution in [2.75, 3.05) is 11.9 Å². The second-order valence-electron chi connectivity index (χ2n) is 6.75. The number of esters is 1. The molecule has 0 radical (unpaired) electrons. The molecule has 0 fully saturated rings. The van der Waals surface area contributed by atoms with Crippen LogP contribution in [0.4, 0.5) is 5.69 Å². The van der Waals surface area contributed by atoms with Gasteiger partial charge < -0.3 is 19.6 Å². The molecule has 2 N–H and O–H groups in total. The number of carbonyl (C=O) groups is 3. The third kappa shape index (κ3) is 2.98. The van der Waals surface area contributed by atoms with Gasteiger partial charge in [0.25, 0.3) is 5.91 Å². The lowest BCUT2D eigenvalue weighted by Crippen LogP contribution is -2.10. The van der Waals surface area contributed by atoms with Crippen LogP contribution in [0.2, 0.25) is 0 Å². The van der Waals surface area contributed by atoms with Crippen molar-refractivity contribution >= 4 is 35.2 Å². The second-order valence-corrected chi connectivity index (χ2v) is 6.75. The number of fused-ring (bicyclic) bond motifs is 2. The number of hydrogen-bond donors (Lipinski definition) is 2. The highest BCUT2D eigenvalue weighted by Crippen LogP contribution is 2.37. The SMILES string of the molecule is CCOC(=O)c1c(C=C2C(=O)Nc3ccc(C(=O)O)cc32)oc2c1CCCC2. The lowest BCUT2D eigenvalue weighted by molar-refractivity contribution is -0.110. The smallest absolute Gasteiger partial charge is 0.342 e. The monoisotopic (exact) mass is 381 g/mol. The number of benzene rings is 1. The van der Waals surface area contributed by atoms with Gasteiger partial charge in [-0.2, -0.15) is 0 Å².